The maximum atomic E-state index is 12.6. The molecule has 0 unspecified atom stereocenters. The topological polar surface area (TPSA) is 69.7 Å². The van der Waals surface area contributed by atoms with E-state index in [9.17, 15) is 13.2 Å². The summed E-state index contributed by atoms with van der Waals surface area (Å²) in [7, 11) is -3.49. The van der Waals surface area contributed by atoms with Gasteiger partial charge in [-0.05, 0) is 68.3 Å². The van der Waals surface area contributed by atoms with Crippen LogP contribution in [0.3, 0.4) is 0 Å². The molecule has 0 saturated heterocycles. The molecule has 0 saturated carbocycles. The smallest absolute Gasteiger partial charge is 0.251 e. The van der Waals surface area contributed by atoms with Crippen molar-refractivity contribution in [2.45, 2.75) is 33.9 Å². The number of rotatable bonds is 10. The Kier molecular flexibility index (Phi) is 8.34. The molecule has 0 fully saturated rings. The lowest BCUT2D eigenvalue weighted by molar-refractivity contribution is 0.0951. The van der Waals surface area contributed by atoms with Gasteiger partial charge in [0.15, 0.2) is 0 Å². The highest BCUT2D eigenvalue weighted by Crippen LogP contribution is 2.22. The van der Waals surface area contributed by atoms with Crippen LogP contribution in [0.15, 0.2) is 72.8 Å². The first-order valence-corrected chi connectivity index (χ1v) is 13.3. The fourth-order valence-electron chi connectivity index (χ4n) is 3.74. The van der Waals surface area contributed by atoms with Crippen molar-refractivity contribution in [3.63, 3.8) is 0 Å². The van der Waals surface area contributed by atoms with E-state index in [4.69, 9.17) is 0 Å². The number of benzene rings is 3. The summed E-state index contributed by atoms with van der Waals surface area (Å²) < 4.78 is 26.2. The summed E-state index contributed by atoms with van der Waals surface area (Å²) in [4.78, 5) is 14.9. The van der Waals surface area contributed by atoms with Gasteiger partial charge in [0.2, 0.25) is 10.0 Å². The van der Waals surface area contributed by atoms with E-state index in [0.29, 0.717) is 17.8 Å². The molecule has 0 aliphatic carbocycles. The summed E-state index contributed by atoms with van der Waals surface area (Å²) in [6.07, 6.45) is 1.19. The lowest BCUT2D eigenvalue weighted by Crippen LogP contribution is -2.29. The van der Waals surface area contributed by atoms with E-state index in [1.54, 1.807) is 24.3 Å². The number of anilines is 2. The third-order valence-electron chi connectivity index (χ3n) is 5.78. The second-order valence-electron chi connectivity index (χ2n) is 8.32. The molecule has 0 radical (unpaired) electrons. The quantitative estimate of drug-likeness (QED) is 0.456. The van der Waals surface area contributed by atoms with Crippen LogP contribution < -0.4 is 14.5 Å². The molecule has 34 heavy (non-hydrogen) atoms. The summed E-state index contributed by atoms with van der Waals surface area (Å²) >= 11 is 0. The summed E-state index contributed by atoms with van der Waals surface area (Å²) in [6, 6.07) is 22.6. The molecular weight excluding hydrogens is 446 g/mol. The minimum Gasteiger partial charge on any atom is -0.372 e. The van der Waals surface area contributed by atoms with Gasteiger partial charge in [-0.25, -0.2) is 8.42 Å². The predicted molar refractivity (Wildman–Crippen MR) is 140 cm³/mol. The third-order valence-corrected chi connectivity index (χ3v) is 6.92. The Hall–Kier alpha value is -3.32. The van der Waals surface area contributed by atoms with Crippen molar-refractivity contribution in [3.05, 3.63) is 95.1 Å². The van der Waals surface area contributed by atoms with E-state index in [0.717, 1.165) is 35.5 Å². The van der Waals surface area contributed by atoms with Gasteiger partial charge in [0.1, 0.15) is 0 Å². The zero-order chi connectivity index (χ0) is 24.7. The first-order valence-electron chi connectivity index (χ1n) is 11.5. The second-order valence-corrected chi connectivity index (χ2v) is 10.2. The van der Waals surface area contributed by atoms with Crippen LogP contribution in [0.4, 0.5) is 11.4 Å². The standard InChI is InChI=1S/C27H33N3O3S/c1-5-29(6-2)25-15-11-22(12-16-25)19-28-27(31)24-13-17-26(18-14-24)30(34(4,32)33)20-23-9-7-21(3)8-10-23/h7-18H,5-6,19-20H2,1-4H3,(H,28,31). The Morgan fingerprint density at radius 1 is 0.794 bits per heavy atom. The van der Waals surface area contributed by atoms with Gasteiger partial charge in [0, 0.05) is 30.9 Å². The van der Waals surface area contributed by atoms with Crippen LogP contribution in [-0.2, 0) is 23.1 Å². The fourth-order valence-corrected chi connectivity index (χ4v) is 4.62. The first kappa shape index (κ1) is 25.3. The lowest BCUT2D eigenvalue weighted by Gasteiger charge is -2.23. The molecule has 1 N–H and O–H groups in total. The minimum atomic E-state index is -3.49. The average Bonchev–Trinajstić information content (AvgIpc) is 2.83. The molecule has 1 amide bonds. The molecular formula is C27H33N3O3S. The largest absolute Gasteiger partial charge is 0.372 e. The van der Waals surface area contributed by atoms with Crippen LogP contribution in [0.25, 0.3) is 0 Å². The Morgan fingerprint density at radius 3 is 1.85 bits per heavy atom. The molecule has 7 heteroatoms. The summed E-state index contributed by atoms with van der Waals surface area (Å²) in [6.45, 7) is 8.79. The van der Waals surface area contributed by atoms with Gasteiger partial charge in [-0.3, -0.25) is 9.10 Å². The normalized spacial score (nSPS) is 11.2. The first-order chi connectivity index (χ1) is 16.2. The molecule has 0 heterocycles. The van der Waals surface area contributed by atoms with Gasteiger partial charge in [-0.2, -0.15) is 0 Å². The van der Waals surface area contributed by atoms with Gasteiger partial charge in [-0.1, -0.05) is 42.0 Å². The van der Waals surface area contributed by atoms with Crippen molar-refractivity contribution in [1.29, 1.82) is 0 Å². The molecule has 0 aliphatic rings. The number of hydrogen-bond acceptors (Lipinski definition) is 4. The van der Waals surface area contributed by atoms with E-state index < -0.39 is 10.0 Å². The number of carbonyl (C=O) groups is 1. The van der Waals surface area contributed by atoms with Crippen molar-refractivity contribution in [3.8, 4) is 0 Å². The monoisotopic (exact) mass is 479 g/mol. The summed E-state index contributed by atoms with van der Waals surface area (Å²) in [5.41, 5.74) is 5.19. The van der Waals surface area contributed by atoms with Crippen LogP contribution in [0.5, 0.6) is 0 Å². The van der Waals surface area contributed by atoms with Crippen molar-refractivity contribution in [1.82, 2.24) is 5.32 Å². The fraction of sp³-hybridized carbons (Fsp3) is 0.296. The molecule has 0 bridgehead atoms. The maximum Gasteiger partial charge on any atom is 0.251 e. The van der Waals surface area contributed by atoms with Crippen LogP contribution in [0.1, 0.15) is 40.9 Å². The molecule has 3 rings (SSSR count). The molecule has 0 aromatic heterocycles. The van der Waals surface area contributed by atoms with E-state index in [1.807, 2.05) is 43.3 Å². The zero-order valence-electron chi connectivity index (χ0n) is 20.3. The number of aryl methyl sites for hydroxylation is 1. The van der Waals surface area contributed by atoms with E-state index in [1.165, 1.54) is 10.6 Å². The highest BCUT2D eigenvalue weighted by atomic mass is 32.2. The molecule has 3 aromatic rings. The van der Waals surface area contributed by atoms with Gasteiger partial charge < -0.3 is 10.2 Å². The number of hydrogen-bond donors (Lipinski definition) is 1. The highest BCUT2D eigenvalue weighted by Gasteiger charge is 2.18. The molecule has 0 atom stereocenters. The van der Waals surface area contributed by atoms with E-state index in [-0.39, 0.29) is 12.5 Å². The van der Waals surface area contributed by atoms with Crippen molar-refractivity contribution < 1.29 is 13.2 Å². The van der Waals surface area contributed by atoms with Crippen molar-refractivity contribution >= 4 is 27.3 Å². The molecule has 0 spiro atoms. The second kappa shape index (κ2) is 11.2. The number of nitrogens with one attached hydrogen (secondary N) is 1. The van der Waals surface area contributed by atoms with Crippen molar-refractivity contribution in [2.75, 3.05) is 28.6 Å². The number of carbonyl (C=O) groups excluding carboxylic acids is 1. The summed E-state index contributed by atoms with van der Waals surface area (Å²) in [5.74, 6) is -0.205. The van der Waals surface area contributed by atoms with Gasteiger partial charge in [0.25, 0.3) is 5.91 Å². The van der Waals surface area contributed by atoms with Gasteiger partial charge in [0.05, 0.1) is 18.5 Å². The molecule has 6 nitrogen and oxygen atoms in total. The number of amides is 1. The van der Waals surface area contributed by atoms with E-state index in [2.05, 4.69) is 36.2 Å². The average molecular weight is 480 g/mol. The Labute approximate surface area is 203 Å². The zero-order valence-corrected chi connectivity index (χ0v) is 21.1. The lowest BCUT2D eigenvalue weighted by atomic mass is 10.1. The van der Waals surface area contributed by atoms with Crippen molar-refractivity contribution in [2.24, 2.45) is 0 Å². The Bertz CT molecular complexity index is 1190. The number of sulfonamides is 1. The molecule has 180 valence electrons. The van der Waals surface area contributed by atoms with Crippen LogP contribution >= 0.6 is 0 Å². The maximum absolute atomic E-state index is 12.6. The Morgan fingerprint density at radius 2 is 1.32 bits per heavy atom. The number of nitrogens with zero attached hydrogens (tertiary/aromatic N) is 2. The van der Waals surface area contributed by atoms with Gasteiger partial charge in [-0.15, -0.1) is 0 Å². The minimum absolute atomic E-state index is 0.205. The third kappa shape index (κ3) is 6.60. The van der Waals surface area contributed by atoms with Crippen LogP contribution in [0.2, 0.25) is 0 Å². The van der Waals surface area contributed by atoms with Crippen LogP contribution in [-0.4, -0.2) is 33.7 Å². The highest BCUT2D eigenvalue weighted by molar-refractivity contribution is 7.92. The Balaban J connectivity index is 1.66. The predicted octanol–water partition coefficient (Wildman–Crippen LogP) is 4.74. The van der Waals surface area contributed by atoms with Gasteiger partial charge >= 0.3 is 0 Å². The van der Waals surface area contributed by atoms with E-state index >= 15 is 0 Å². The molecule has 0 aliphatic heterocycles. The SMILES string of the molecule is CCN(CC)c1ccc(CNC(=O)c2ccc(N(Cc3ccc(C)cc3)S(C)(=O)=O)cc2)cc1. The summed E-state index contributed by atoms with van der Waals surface area (Å²) in [5, 5.41) is 2.93. The molecule has 3 aromatic carbocycles. The van der Waals surface area contributed by atoms with Crippen LogP contribution in [0, 0.1) is 6.92 Å².